The van der Waals surface area contributed by atoms with E-state index in [1.807, 2.05) is 24.3 Å². The predicted octanol–water partition coefficient (Wildman–Crippen LogP) is 4.51. The first kappa shape index (κ1) is 18.3. The quantitative estimate of drug-likeness (QED) is 0.227. The van der Waals surface area contributed by atoms with E-state index in [2.05, 4.69) is 20.5 Å². The van der Waals surface area contributed by atoms with E-state index in [0.717, 1.165) is 23.2 Å². The maximum absolute atomic E-state index is 13.6. The Kier molecular flexibility index (Phi) is 4.98. The number of nitrogens with one attached hydrogen (secondary N) is 2. The summed E-state index contributed by atoms with van der Waals surface area (Å²) in [4.78, 5) is 19.4. The molecule has 0 aliphatic rings. The van der Waals surface area contributed by atoms with Crippen LogP contribution in [0.25, 0.3) is 11.0 Å². The van der Waals surface area contributed by atoms with Gasteiger partial charge in [0, 0.05) is 0 Å². The minimum absolute atomic E-state index is 0.153. The van der Waals surface area contributed by atoms with Gasteiger partial charge in [-0.25, -0.2) is 24.0 Å². The Morgan fingerprint density at radius 1 is 1.00 bits per heavy atom. The molecule has 4 rings (SSSR count). The second-order valence-corrected chi connectivity index (χ2v) is 6.03. The van der Waals surface area contributed by atoms with E-state index >= 15 is 0 Å². The first-order valence-electron chi connectivity index (χ1n) is 8.60. The number of hydrogen-bond donors (Lipinski definition) is 2. The molecule has 0 spiro atoms. The van der Waals surface area contributed by atoms with Gasteiger partial charge in [0.05, 0.1) is 17.2 Å². The highest BCUT2D eigenvalue weighted by molar-refractivity contribution is 5.91. The maximum atomic E-state index is 13.6. The highest BCUT2D eigenvalue weighted by Crippen LogP contribution is 2.18. The molecule has 144 valence electrons. The van der Waals surface area contributed by atoms with Gasteiger partial charge in [0.25, 0.3) is 0 Å². The van der Waals surface area contributed by atoms with Crippen molar-refractivity contribution in [1.82, 2.24) is 9.97 Å². The van der Waals surface area contributed by atoms with E-state index in [1.165, 1.54) is 18.2 Å². The molecule has 6 nitrogen and oxygen atoms in total. The number of benzene rings is 3. The summed E-state index contributed by atoms with van der Waals surface area (Å²) in [7, 11) is 0. The van der Waals surface area contributed by atoms with Crippen LogP contribution in [0.1, 0.15) is 15.9 Å². The third-order valence-corrected chi connectivity index (χ3v) is 4.03. The number of para-hydroxylation sites is 2. The van der Waals surface area contributed by atoms with Gasteiger partial charge < -0.3 is 9.72 Å². The molecule has 3 aromatic carbocycles. The Morgan fingerprint density at radius 2 is 1.72 bits per heavy atom. The highest BCUT2D eigenvalue weighted by atomic mass is 19.1. The monoisotopic (exact) mass is 392 g/mol. The van der Waals surface area contributed by atoms with Gasteiger partial charge >= 0.3 is 5.97 Å². The molecule has 0 aliphatic heterocycles. The van der Waals surface area contributed by atoms with Crippen LogP contribution in [0, 0.1) is 11.6 Å². The number of hydrazone groups is 1. The molecule has 0 bridgehead atoms. The smallest absolute Gasteiger partial charge is 0.349 e. The number of fused-ring (bicyclic) bond motifs is 1. The molecule has 2 N–H and O–H groups in total. The van der Waals surface area contributed by atoms with Gasteiger partial charge in [-0.15, -0.1) is 0 Å². The lowest BCUT2D eigenvalue weighted by molar-refractivity contribution is 0.0724. The molecule has 0 saturated heterocycles. The minimum atomic E-state index is -1.10. The first-order chi connectivity index (χ1) is 14.1. The largest absolute Gasteiger partial charge is 0.423 e. The van der Waals surface area contributed by atoms with Crippen molar-refractivity contribution in [3.05, 3.63) is 89.5 Å². The molecule has 0 aliphatic carbocycles. The van der Waals surface area contributed by atoms with Crippen LogP contribution in [0.4, 0.5) is 14.7 Å². The van der Waals surface area contributed by atoms with Crippen LogP contribution in [-0.2, 0) is 0 Å². The number of halogens is 2. The Bertz CT molecular complexity index is 1150. The Morgan fingerprint density at radius 3 is 2.45 bits per heavy atom. The number of carbonyl (C=O) groups excluding carboxylic acids is 1. The summed E-state index contributed by atoms with van der Waals surface area (Å²) in [6, 6.07) is 17.0. The van der Waals surface area contributed by atoms with E-state index < -0.39 is 23.2 Å². The molecule has 4 aromatic rings. The average Bonchev–Trinajstić information content (AvgIpc) is 3.12. The van der Waals surface area contributed by atoms with E-state index in [4.69, 9.17) is 4.74 Å². The number of esters is 1. The van der Waals surface area contributed by atoms with Crippen LogP contribution in [0.2, 0.25) is 0 Å². The number of hydrogen-bond acceptors (Lipinski definition) is 5. The first-order valence-corrected chi connectivity index (χ1v) is 8.60. The molecule has 0 atom stereocenters. The van der Waals surface area contributed by atoms with Crippen LogP contribution in [0.15, 0.2) is 71.8 Å². The Hall–Kier alpha value is -4.07. The van der Waals surface area contributed by atoms with Crippen molar-refractivity contribution < 1.29 is 18.3 Å². The molecular formula is C21H14F2N4O2. The van der Waals surface area contributed by atoms with Gasteiger partial charge in [-0.2, -0.15) is 5.10 Å². The summed E-state index contributed by atoms with van der Waals surface area (Å²) in [6.07, 6.45) is 1.55. The molecule has 8 heteroatoms. The Balaban J connectivity index is 1.39. The fourth-order valence-corrected chi connectivity index (χ4v) is 2.65. The van der Waals surface area contributed by atoms with Crippen molar-refractivity contribution in [2.24, 2.45) is 5.10 Å². The molecule has 0 radical (unpaired) electrons. The molecule has 1 aromatic heterocycles. The van der Waals surface area contributed by atoms with Gasteiger partial charge in [-0.1, -0.05) is 18.2 Å². The summed E-state index contributed by atoms with van der Waals surface area (Å²) in [5.41, 5.74) is 4.50. The number of rotatable bonds is 5. The zero-order chi connectivity index (χ0) is 20.2. The lowest BCUT2D eigenvalue weighted by Crippen LogP contribution is -2.13. The number of imidazole rings is 1. The maximum Gasteiger partial charge on any atom is 0.349 e. The number of anilines is 1. The average molecular weight is 392 g/mol. The zero-order valence-electron chi connectivity index (χ0n) is 14.9. The molecule has 29 heavy (non-hydrogen) atoms. The van der Waals surface area contributed by atoms with E-state index in [0.29, 0.717) is 11.5 Å². The van der Waals surface area contributed by atoms with E-state index in [1.54, 1.807) is 18.3 Å². The topological polar surface area (TPSA) is 79.4 Å². The van der Waals surface area contributed by atoms with Gasteiger partial charge in [-0.3, -0.25) is 0 Å². The zero-order valence-corrected chi connectivity index (χ0v) is 14.9. The summed E-state index contributed by atoms with van der Waals surface area (Å²) < 4.78 is 32.3. The lowest BCUT2D eigenvalue weighted by atomic mass is 10.2. The van der Waals surface area contributed by atoms with Crippen LogP contribution < -0.4 is 10.2 Å². The number of ether oxygens (including phenoxy) is 1. The van der Waals surface area contributed by atoms with Crippen molar-refractivity contribution in [1.29, 1.82) is 0 Å². The van der Waals surface area contributed by atoms with Crippen LogP contribution >= 0.6 is 0 Å². The molecule has 1 heterocycles. The van der Waals surface area contributed by atoms with Crippen molar-refractivity contribution in [2.45, 2.75) is 0 Å². The fraction of sp³-hybridized carbons (Fsp3) is 0. The van der Waals surface area contributed by atoms with Crippen molar-refractivity contribution in [3.63, 3.8) is 0 Å². The second-order valence-electron chi connectivity index (χ2n) is 6.03. The van der Waals surface area contributed by atoms with Crippen molar-refractivity contribution in [3.8, 4) is 5.75 Å². The summed E-state index contributed by atoms with van der Waals surface area (Å²) in [5, 5.41) is 4.09. The van der Waals surface area contributed by atoms with Crippen molar-refractivity contribution in [2.75, 3.05) is 5.43 Å². The lowest BCUT2D eigenvalue weighted by Gasteiger charge is -2.06. The SMILES string of the molecule is O=C(Oc1ccc(/C=N\Nc2nc3ccccc3[nH]2)cc1)c1c(F)cccc1F. The number of carbonyl (C=O) groups is 1. The number of nitrogens with zero attached hydrogens (tertiary/aromatic N) is 2. The second kappa shape index (κ2) is 7.89. The molecule has 0 fully saturated rings. The predicted molar refractivity (Wildman–Crippen MR) is 105 cm³/mol. The van der Waals surface area contributed by atoms with Crippen LogP contribution in [0.5, 0.6) is 5.75 Å². The highest BCUT2D eigenvalue weighted by Gasteiger charge is 2.19. The number of H-pyrrole nitrogens is 1. The van der Waals surface area contributed by atoms with E-state index in [-0.39, 0.29) is 5.75 Å². The van der Waals surface area contributed by atoms with Gasteiger partial charge in [-0.05, 0) is 54.1 Å². The molecule has 0 amide bonds. The molecule has 0 saturated carbocycles. The van der Waals surface area contributed by atoms with Crippen LogP contribution in [0.3, 0.4) is 0 Å². The normalized spacial score (nSPS) is 11.1. The molecular weight excluding hydrogens is 378 g/mol. The fourth-order valence-electron chi connectivity index (χ4n) is 2.65. The standard InChI is InChI=1S/C21H14F2N4O2/c22-15-4-3-5-16(23)19(15)20(28)29-14-10-8-13(9-11-14)12-24-27-21-25-17-6-1-2-7-18(17)26-21/h1-12H,(H2,25,26,27)/b24-12-. The van der Waals surface area contributed by atoms with Gasteiger partial charge in [0.1, 0.15) is 22.9 Å². The summed E-state index contributed by atoms with van der Waals surface area (Å²) >= 11 is 0. The number of aromatic amines is 1. The van der Waals surface area contributed by atoms with Crippen LogP contribution in [-0.4, -0.2) is 22.2 Å². The van der Waals surface area contributed by atoms with E-state index in [9.17, 15) is 13.6 Å². The summed E-state index contributed by atoms with van der Waals surface area (Å²) in [5.74, 6) is -2.40. The molecule has 0 unspecified atom stereocenters. The van der Waals surface area contributed by atoms with Crippen molar-refractivity contribution >= 4 is 29.2 Å². The number of aromatic nitrogens is 2. The third-order valence-electron chi connectivity index (χ3n) is 4.03. The minimum Gasteiger partial charge on any atom is -0.423 e. The van der Waals surface area contributed by atoms with Gasteiger partial charge in [0.2, 0.25) is 5.95 Å². The van der Waals surface area contributed by atoms with Gasteiger partial charge in [0.15, 0.2) is 0 Å². The summed E-state index contributed by atoms with van der Waals surface area (Å²) in [6.45, 7) is 0. The third kappa shape index (κ3) is 4.11. The Labute approximate surface area is 163 Å².